The van der Waals surface area contributed by atoms with Gasteiger partial charge in [0.1, 0.15) is 6.10 Å². The quantitative estimate of drug-likeness (QED) is 0.576. The fraction of sp³-hybridized carbons (Fsp3) is 0.333. The molecule has 0 saturated carbocycles. The van der Waals surface area contributed by atoms with Crippen molar-refractivity contribution in [2.24, 2.45) is 0 Å². The molecule has 1 fully saturated rings. The predicted molar refractivity (Wildman–Crippen MR) is 114 cm³/mol. The van der Waals surface area contributed by atoms with Gasteiger partial charge in [0.15, 0.2) is 0 Å². The second-order valence-electron chi connectivity index (χ2n) is 6.74. The van der Waals surface area contributed by atoms with Crippen LogP contribution in [0.15, 0.2) is 56.7 Å². The first-order chi connectivity index (χ1) is 12.7. The minimum absolute atomic E-state index is 0.154. The van der Waals surface area contributed by atoms with Crippen LogP contribution >= 0.6 is 34.0 Å². The summed E-state index contributed by atoms with van der Waals surface area (Å²) in [5, 5.41) is 21.5. The molecule has 0 aromatic carbocycles. The van der Waals surface area contributed by atoms with Crippen molar-refractivity contribution in [3.63, 3.8) is 0 Å². The fourth-order valence-electron chi connectivity index (χ4n) is 3.74. The zero-order chi connectivity index (χ0) is 17.9. The Balaban J connectivity index is 1.52. The fourth-order valence-corrected chi connectivity index (χ4v) is 5.84. The average Bonchev–Trinajstić information content (AvgIpc) is 3.44. The molecule has 4 heterocycles. The van der Waals surface area contributed by atoms with E-state index in [1.54, 1.807) is 39.6 Å². The molecular weight excluding hydrogens is 378 g/mol. The first-order valence-electron chi connectivity index (χ1n) is 8.96. The Morgan fingerprint density at radius 2 is 1.65 bits per heavy atom. The van der Waals surface area contributed by atoms with Crippen LogP contribution < -0.4 is 0 Å². The lowest BCUT2D eigenvalue weighted by Gasteiger charge is -2.36. The van der Waals surface area contributed by atoms with E-state index in [1.165, 1.54) is 16.7 Å². The first-order valence-corrected chi connectivity index (χ1v) is 11.7. The molecule has 0 amide bonds. The summed E-state index contributed by atoms with van der Waals surface area (Å²) in [4.78, 5) is 3.50. The van der Waals surface area contributed by atoms with Gasteiger partial charge in [0.25, 0.3) is 0 Å². The normalized spacial score (nSPS) is 18.0. The Morgan fingerprint density at radius 1 is 1.00 bits per heavy atom. The van der Waals surface area contributed by atoms with E-state index in [4.69, 9.17) is 0 Å². The summed E-state index contributed by atoms with van der Waals surface area (Å²) in [5.41, 5.74) is 5.68. The van der Waals surface area contributed by atoms with E-state index in [0.29, 0.717) is 0 Å². The van der Waals surface area contributed by atoms with Crippen LogP contribution in [-0.4, -0.2) is 29.1 Å². The SMILES string of the molecule is CC(C(O)c1cccs1)N1CCC(=C(c2ccsc2)c2ccsc2)CC1. The summed E-state index contributed by atoms with van der Waals surface area (Å²) in [7, 11) is 0. The number of thiophene rings is 3. The summed E-state index contributed by atoms with van der Waals surface area (Å²) < 4.78 is 0. The third kappa shape index (κ3) is 3.73. The van der Waals surface area contributed by atoms with Gasteiger partial charge in [-0.2, -0.15) is 22.7 Å². The van der Waals surface area contributed by atoms with Gasteiger partial charge in [-0.1, -0.05) is 11.6 Å². The molecule has 1 saturated heterocycles. The minimum atomic E-state index is -0.395. The smallest absolute Gasteiger partial charge is 0.103 e. The number of likely N-dealkylation sites (tertiary alicyclic amines) is 1. The van der Waals surface area contributed by atoms with Crippen LogP contribution in [0.25, 0.3) is 5.57 Å². The number of piperidine rings is 1. The highest BCUT2D eigenvalue weighted by atomic mass is 32.1. The number of aliphatic hydroxyl groups excluding tert-OH is 1. The predicted octanol–water partition coefficient (Wildman–Crippen LogP) is 5.89. The maximum atomic E-state index is 10.7. The van der Waals surface area contributed by atoms with Gasteiger partial charge in [0, 0.05) is 24.0 Å². The standard InChI is InChI=1S/C21H23NOS3/c1-15(21(23)19-3-2-10-26-19)22-8-4-16(5-9-22)20(17-6-11-24-13-17)18-7-12-25-14-18/h2-3,6-7,10-15,21,23H,4-5,8-9H2,1H3. The maximum absolute atomic E-state index is 10.7. The molecule has 3 aromatic rings. The molecular formula is C21H23NOS3. The van der Waals surface area contributed by atoms with Crippen molar-refractivity contribution in [3.8, 4) is 0 Å². The largest absolute Gasteiger partial charge is 0.386 e. The van der Waals surface area contributed by atoms with Gasteiger partial charge >= 0.3 is 0 Å². The van der Waals surface area contributed by atoms with Crippen molar-refractivity contribution in [1.29, 1.82) is 0 Å². The van der Waals surface area contributed by atoms with Crippen molar-refractivity contribution in [2.75, 3.05) is 13.1 Å². The molecule has 2 nitrogen and oxygen atoms in total. The van der Waals surface area contributed by atoms with E-state index < -0.39 is 6.10 Å². The summed E-state index contributed by atoms with van der Waals surface area (Å²) in [6.07, 6.45) is 1.75. The van der Waals surface area contributed by atoms with Gasteiger partial charge in [-0.05, 0) is 81.6 Å². The van der Waals surface area contributed by atoms with Gasteiger partial charge in [-0.25, -0.2) is 0 Å². The zero-order valence-electron chi connectivity index (χ0n) is 14.8. The number of aliphatic hydroxyl groups is 1. The second-order valence-corrected chi connectivity index (χ2v) is 9.28. The Labute approximate surface area is 167 Å². The Hall–Kier alpha value is -1.24. The minimum Gasteiger partial charge on any atom is -0.386 e. The van der Waals surface area contributed by atoms with Crippen molar-refractivity contribution in [1.82, 2.24) is 4.90 Å². The maximum Gasteiger partial charge on any atom is 0.103 e. The third-order valence-corrected chi connectivity index (χ3v) is 7.55. The third-order valence-electron chi connectivity index (χ3n) is 5.24. The van der Waals surface area contributed by atoms with Crippen molar-refractivity contribution < 1.29 is 5.11 Å². The lowest BCUT2D eigenvalue weighted by molar-refractivity contribution is 0.0557. The van der Waals surface area contributed by atoms with Crippen LogP contribution in [0.4, 0.5) is 0 Å². The van der Waals surface area contributed by atoms with Crippen LogP contribution in [0, 0.1) is 0 Å². The average molecular weight is 402 g/mol. The van der Waals surface area contributed by atoms with Crippen LogP contribution in [-0.2, 0) is 0 Å². The van der Waals surface area contributed by atoms with Crippen molar-refractivity contribution in [2.45, 2.75) is 31.9 Å². The molecule has 0 bridgehead atoms. The zero-order valence-corrected chi connectivity index (χ0v) is 17.2. The van der Waals surface area contributed by atoms with Gasteiger partial charge in [0.05, 0.1) is 0 Å². The number of nitrogens with zero attached hydrogens (tertiary/aromatic N) is 1. The van der Waals surface area contributed by atoms with E-state index in [9.17, 15) is 5.11 Å². The summed E-state index contributed by atoms with van der Waals surface area (Å²) in [6, 6.07) is 8.68. The summed E-state index contributed by atoms with van der Waals surface area (Å²) in [5.74, 6) is 0. The molecule has 136 valence electrons. The summed E-state index contributed by atoms with van der Waals surface area (Å²) >= 11 is 5.17. The van der Waals surface area contributed by atoms with Gasteiger partial charge in [-0.15, -0.1) is 11.3 Å². The number of hydrogen-bond acceptors (Lipinski definition) is 5. The summed E-state index contributed by atoms with van der Waals surface area (Å²) in [6.45, 7) is 4.17. The van der Waals surface area contributed by atoms with E-state index in [-0.39, 0.29) is 6.04 Å². The van der Waals surface area contributed by atoms with E-state index in [1.807, 2.05) is 17.5 Å². The highest BCUT2D eigenvalue weighted by Crippen LogP contribution is 2.35. The van der Waals surface area contributed by atoms with E-state index in [0.717, 1.165) is 30.8 Å². The van der Waals surface area contributed by atoms with Crippen LogP contribution in [0.3, 0.4) is 0 Å². The molecule has 26 heavy (non-hydrogen) atoms. The number of hydrogen-bond donors (Lipinski definition) is 1. The molecule has 1 aliphatic rings. The van der Waals surface area contributed by atoms with Crippen LogP contribution in [0.5, 0.6) is 0 Å². The molecule has 4 rings (SSSR count). The highest BCUT2D eigenvalue weighted by Gasteiger charge is 2.27. The second kappa shape index (κ2) is 8.19. The van der Waals surface area contributed by atoms with Crippen LogP contribution in [0.1, 0.15) is 41.9 Å². The monoisotopic (exact) mass is 401 g/mol. The number of rotatable bonds is 5. The molecule has 3 aromatic heterocycles. The molecule has 0 radical (unpaired) electrons. The molecule has 2 atom stereocenters. The van der Waals surface area contributed by atoms with Crippen molar-refractivity contribution in [3.05, 3.63) is 72.7 Å². The van der Waals surface area contributed by atoms with Gasteiger partial charge in [-0.3, -0.25) is 4.90 Å². The van der Waals surface area contributed by atoms with Gasteiger partial charge < -0.3 is 5.11 Å². The Kier molecular flexibility index (Phi) is 5.72. The molecule has 0 spiro atoms. The highest BCUT2D eigenvalue weighted by molar-refractivity contribution is 7.10. The topological polar surface area (TPSA) is 23.5 Å². The van der Waals surface area contributed by atoms with E-state index in [2.05, 4.69) is 45.5 Å². The molecule has 1 N–H and O–H groups in total. The Morgan fingerprint density at radius 3 is 2.15 bits per heavy atom. The lowest BCUT2D eigenvalue weighted by Crippen LogP contribution is -2.41. The van der Waals surface area contributed by atoms with Crippen molar-refractivity contribution >= 4 is 39.6 Å². The van der Waals surface area contributed by atoms with Crippen LogP contribution in [0.2, 0.25) is 0 Å². The first kappa shape index (κ1) is 18.1. The lowest BCUT2D eigenvalue weighted by atomic mass is 9.90. The molecule has 5 heteroatoms. The van der Waals surface area contributed by atoms with E-state index >= 15 is 0 Å². The molecule has 0 aliphatic carbocycles. The molecule has 2 unspecified atom stereocenters. The molecule has 1 aliphatic heterocycles. The van der Waals surface area contributed by atoms with Gasteiger partial charge in [0.2, 0.25) is 0 Å². The Bertz CT molecular complexity index is 788.